The van der Waals surface area contributed by atoms with Gasteiger partial charge >= 0.3 is 0 Å². The molecule has 0 spiro atoms. The van der Waals surface area contributed by atoms with Crippen LogP contribution < -0.4 is 25.8 Å². The Labute approximate surface area is 333 Å². The molecule has 1 saturated carbocycles. The molecule has 3 aromatic heterocycles. The van der Waals surface area contributed by atoms with Crippen molar-refractivity contribution in [2.45, 2.75) is 89.6 Å². The summed E-state index contributed by atoms with van der Waals surface area (Å²) in [7, 11) is 0. The first kappa shape index (κ1) is 38.7. The van der Waals surface area contributed by atoms with E-state index in [0.717, 1.165) is 100 Å². The van der Waals surface area contributed by atoms with E-state index in [-0.39, 0.29) is 40.7 Å². The maximum Gasteiger partial charge on any atom is 0.263 e. The second kappa shape index (κ2) is 17.1. The number of benzene rings is 1. The second-order valence-electron chi connectivity index (χ2n) is 16.0. The Morgan fingerprint density at radius 2 is 1.63 bits per heavy atom. The summed E-state index contributed by atoms with van der Waals surface area (Å²) in [6.45, 7) is 11.1. The number of rotatable bonds is 12. The van der Waals surface area contributed by atoms with Gasteiger partial charge in [-0.25, -0.2) is 9.97 Å². The SMILES string of the molecule is CC(=O)c1c(C)c2cnc(Nc3ccc(N4CCN(C5CCN(CCCOc6ccc(C7CCC(=O)NC7=O)cc6)CC5)CC4)cn3)nc2n(C2CCCC2)c1=O. The van der Waals surface area contributed by atoms with Gasteiger partial charge in [0, 0.05) is 62.8 Å². The second-order valence-corrected chi connectivity index (χ2v) is 16.0. The normalized spacial score (nSPS) is 20.2. The number of pyridine rings is 2. The van der Waals surface area contributed by atoms with Gasteiger partial charge in [0.25, 0.3) is 5.56 Å². The minimum atomic E-state index is -0.274. The Kier molecular flexibility index (Phi) is 11.6. The van der Waals surface area contributed by atoms with Crippen molar-refractivity contribution in [1.29, 1.82) is 0 Å². The number of nitrogens with one attached hydrogen (secondary N) is 2. The Bertz CT molecular complexity index is 2150. The number of imide groups is 1. The van der Waals surface area contributed by atoms with Crippen LogP contribution in [0.15, 0.2) is 53.6 Å². The number of ketones is 1. The average Bonchev–Trinajstić information content (AvgIpc) is 3.75. The van der Waals surface area contributed by atoms with Gasteiger partial charge in [-0.3, -0.25) is 34.0 Å². The lowest BCUT2D eigenvalue weighted by atomic mass is 9.90. The molecule has 300 valence electrons. The number of carbonyl (C=O) groups excluding carboxylic acids is 3. The standard InChI is InChI=1S/C43H53N9O5/c1-28-36-27-45-43(48-40(36)52(32-6-3-4-7-32)42(56)39(28)29(2)53)46-37-14-10-33(26-44-37)51-23-21-50(22-24-51)31-16-19-49(20-17-31)18-5-25-57-34-11-8-30(9-12-34)35-13-15-38(54)47-41(35)55/h8-12,14,26-27,31-32,35H,3-7,13,15-25H2,1-2H3,(H,47,54,55)(H,44,45,46,48). The number of piperazine rings is 1. The number of ether oxygens (including phenoxy) is 1. The van der Waals surface area contributed by atoms with E-state index < -0.39 is 0 Å². The number of fused-ring (bicyclic) bond motifs is 1. The third-order valence-corrected chi connectivity index (χ3v) is 12.4. The van der Waals surface area contributed by atoms with Crippen LogP contribution in [0.4, 0.5) is 17.5 Å². The predicted molar refractivity (Wildman–Crippen MR) is 218 cm³/mol. The quantitative estimate of drug-likeness (QED) is 0.111. The molecule has 14 nitrogen and oxygen atoms in total. The molecule has 2 amide bonds. The molecule has 0 radical (unpaired) electrons. The molecule has 8 rings (SSSR count). The van der Waals surface area contributed by atoms with Crippen molar-refractivity contribution in [3.8, 4) is 5.75 Å². The number of nitrogens with zero attached hydrogens (tertiary/aromatic N) is 7. The monoisotopic (exact) mass is 775 g/mol. The summed E-state index contributed by atoms with van der Waals surface area (Å²) in [6.07, 6.45) is 11.7. The van der Waals surface area contributed by atoms with Gasteiger partial charge in [0.05, 0.1) is 30.0 Å². The van der Waals surface area contributed by atoms with Crippen LogP contribution in [0.2, 0.25) is 0 Å². The minimum Gasteiger partial charge on any atom is -0.494 e. The van der Waals surface area contributed by atoms with E-state index in [1.807, 2.05) is 36.5 Å². The van der Waals surface area contributed by atoms with Gasteiger partial charge in [-0.1, -0.05) is 25.0 Å². The fraction of sp³-hybridized carbons (Fsp3) is 0.512. The molecular weight excluding hydrogens is 723 g/mol. The van der Waals surface area contributed by atoms with Crippen LogP contribution in [-0.4, -0.2) is 105 Å². The Morgan fingerprint density at radius 1 is 0.877 bits per heavy atom. The lowest BCUT2D eigenvalue weighted by Crippen LogP contribution is -2.53. The maximum atomic E-state index is 13.6. The highest BCUT2D eigenvalue weighted by Crippen LogP contribution is 2.32. The molecule has 4 aliphatic rings. The van der Waals surface area contributed by atoms with Gasteiger partial charge in [0.2, 0.25) is 17.8 Å². The van der Waals surface area contributed by atoms with E-state index >= 15 is 0 Å². The summed E-state index contributed by atoms with van der Waals surface area (Å²) in [6, 6.07) is 12.4. The van der Waals surface area contributed by atoms with Gasteiger partial charge in [-0.15, -0.1) is 0 Å². The third-order valence-electron chi connectivity index (χ3n) is 12.4. The van der Waals surface area contributed by atoms with Crippen molar-refractivity contribution in [2.24, 2.45) is 0 Å². The van der Waals surface area contributed by atoms with Crippen LogP contribution in [0.3, 0.4) is 0 Å². The Hall–Kier alpha value is -5.21. The number of amides is 2. The number of piperidine rings is 2. The highest BCUT2D eigenvalue weighted by molar-refractivity contribution is 6.01. The topological polar surface area (TPSA) is 155 Å². The van der Waals surface area contributed by atoms with Crippen LogP contribution >= 0.6 is 0 Å². The summed E-state index contributed by atoms with van der Waals surface area (Å²) in [5.74, 6) is 0.881. The van der Waals surface area contributed by atoms with Crippen molar-refractivity contribution in [1.82, 2.24) is 34.6 Å². The van der Waals surface area contributed by atoms with E-state index in [2.05, 4.69) is 36.4 Å². The molecule has 0 bridgehead atoms. The van der Waals surface area contributed by atoms with Crippen molar-refractivity contribution < 1.29 is 19.1 Å². The number of hydrogen-bond donors (Lipinski definition) is 2. The molecule has 6 heterocycles. The number of aryl methyl sites for hydroxylation is 1. The van der Waals surface area contributed by atoms with Crippen molar-refractivity contribution in [2.75, 3.05) is 62.6 Å². The van der Waals surface area contributed by atoms with Crippen LogP contribution in [-0.2, 0) is 9.59 Å². The van der Waals surface area contributed by atoms with Crippen molar-refractivity contribution in [3.05, 3.63) is 75.8 Å². The third kappa shape index (κ3) is 8.57. The lowest BCUT2D eigenvalue weighted by molar-refractivity contribution is -0.134. The van der Waals surface area contributed by atoms with E-state index in [4.69, 9.17) is 14.7 Å². The zero-order valence-electron chi connectivity index (χ0n) is 33.0. The molecule has 4 aromatic rings. The van der Waals surface area contributed by atoms with Gasteiger partial charge in [-0.2, -0.15) is 4.98 Å². The van der Waals surface area contributed by atoms with Gasteiger partial charge in [-0.05, 0) is 101 Å². The van der Waals surface area contributed by atoms with E-state index in [1.165, 1.54) is 19.8 Å². The zero-order valence-corrected chi connectivity index (χ0v) is 33.0. The van der Waals surface area contributed by atoms with E-state index in [1.54, 1.807) is 17.7 Å². The highest BCUT2D eigenvalue weighted by atomic mass is 16.5. The van der Waals surface area contributed by atoms with Gasteiger partial charge in [0.15, 0.2) is 5.78 Å². The minimum absolute atomic E-state index is 0.0251. The van der Waals surface area contributed by atoms with Gasteiger partial charge < -0.3 is 19.9 Å². The first-order valence-corrected chi connectivity index (χ1v) is 20.7. The first-order valence-electron chi connectivity index (χ1n) is 20.7. The highest BCUT2D eigenvalue weighted by Gasteiger charge is 2.30. The average molecular weight is 776 g/mol. The van der Waals surface area contributed by atoms with Crippen LogP contribution in [0.5, 0.6) is 5.75 Å². The Balaban J connectivity index is 0.778. The van der Waals surface area contributed by atoms with Crippen molar-refractivity contribution in [3.63, 3.8) is 0 Å². The maximum absolute atomic E-state index is 13.6. The summed E-state index contributed by atoms with van der Waals surface area (Å²) in [5, 5.41) is 6.39. The first-order chi connectivity index (χ1) is 27.7. The molecule has 1 aromatic carbocycles. The number of aromatic nitrogens is 4. The predicted octanol–water partition coefficient (Wildman–Crippen LogP) is 5.13. The summed E-state index contributed by atoms with van der Waals surface area (Å²) < 4.78 is 7.73. The lowest BCUT2D eigenvalue weighted by Gasteiger charge is -2.43. The fourth-order valence-electron chi connectivity index (χ4n) is 9.21. The number of hydrogen-bond acceptors (Lipinski definition) is 12. The summed E-state index contributed by atoms with van der Waals surface area (Å²) >= 11 is 0. The molecule has 4 fully saturated rings. The van der Waals surface area contributed by atoms with Crippen LogP contribution in [0, 0.1) is 6.92 Å². The fourth-order valence-corrected chi connectivity index (χ4v) is 9.21. The molecule has 3 saturated heterocycles. The number of anilines is 3. The van der Waals surface area contributed by atoms with Gasteiger partial charge in [0.1, 0.15) is 17.2 Å². The van der Waals surface area contributed by atoms with Crippen LogP contribution in [0.1, 0.15) is 98.2 Å². The van der Waals surface area contributed by atoms with Crippen molar-refractivity contribution >= 4 is 46.1 Å². The molecule has 2 N–H and O–H groups in total. The molecule has 3 aliphatic heterocycles. The smallest absolute Gasteiger partial charge is 0.263 e. The Morgan fingerprint density at radius 3 is 2.32 bits per heavy atom. The molecule has 57 heavy (non-hydrogen) atoms. The number of Topliss-reactive ketones (excluding diaryl/α,β-unsaturated/α-hetero) is 1. The van der Waals surface area contributed by atoms with E-state index in [9.17, 15) is 19.2 Å². The largest absolute Gasteiger partial charge is 0.494 e. The number of likely N-dealkylation sites (tertiary alicyclic amines) is 1. The summed E-state index contributed by atoms with van der Waals surface area (Å²) in [4.78, 5) is 71.3. The molecule has 14 heteroatoms. The molecule has 1 unspecified atom stereocenters. The van der Waals surface area contributed by atoms with E-state index in [0.29, 0.717) is 48.5 Å². The molecule has 1 atom stereocenters. The molecule has 1 aliphatic carbocycles. The number of carbonyl (C=O) groups is 3. The molecular formula is C43H53N9O5. The summed E-state index contributed by atoms with van der Waals surface area (Å²) in [5.41, 5.74) is 3.17. The zero-order chi connectivity index (χ0) is 39.5. The van der Waals surface area contributed by atoms with Crippen LogP contribution in [0.25, 0.3) is 11.0 Å².